The second kappa shape index (κ2) is 13.7. The second-order valence-electron chi connectivity index (χ2n) is 8.26. The molecule has 7 nitrogen and oxygen atoms in total. The molecule has 0 radical (unpaired) electrons. The monoisotopic (exact) mass is 539 g/mol. The number of hydrogen-bond donors (Lipinski definition) is 2. The number of likely N-dealkylation sites (N-methyl/N-ethyl adjacent to an activating group) is 1. The van der Waals surface area contributed by atoms with Crippen molar-refractivity contribution in [3.8, 4) is 0 Å². The Morgan fingerprint density at radius 2 is 1.84 bits per heavy atom. The largest absolute Gasteiger partial charge is 0.357 e. The number of hydrogen-bond acceptors (Lipinski definition) is 4. The van der Waals surface area contributed by atoms with Crippen LogP contribution in [0.5, 0.6) is 0 Å². The molecule has 1 aliphatic rings. The van der Waals surface area contributed by atoms with Gasteiger partial charge in [0.15, 0.2) is 5.96 Å². The molecular formula is C23H38IN7. The number of piperazine rings is 1. The summed E-state index contributed by atoms with van der Waals surface area (Å²) in [5.41, 5.74) is 2.49. The maximum absolute atomic E-state index is 4.85. The molecule has 0 spiro atoms. The lowest BCUT2D eigenvalue weighted by Gasteiger charge is -2.34. The molecular weight excluding hydrogens is 501 g/mol. The van der Waals surface area contributed by atoms with Crippen LogP contribution < -0.4 is 10.6 Å². The van der Waals surface area contributed by atoms with Gasteiger partial charge in [-0.3, -0.25) is 4.68 Å². The van der Waals surface area contributed by atoms with Crippen molar-refractivity contribution in [2.24, 2.45) is 10.9 Å². The molecule has 1 unspecified atom stereocenters. The van der Waals surface area contributed by atoms with Gasteiger partial charge in [0, 0.05) is 58.2 Å². The van der Waals surface area contributed by atoms with Gasteiger partial charge in [0.05, 0.1) is 13.1 Å². The maximum atomic E-state index is 4.85. The highest BCUT2D eigenvalue weighted by atomic mass is 127. The van der Waals surface area contributed by atoms with Crippen LogP contribution in [-0.2, 0) is 13.1 Å². The highest BCUT2D eigenvalue weighted by Gasteiger charge is 2.16. The molecule has 31 heavy (non-hydrogen) atoms. The van der Waals surface area contributed by atoms with Crippen molar-refractivity contribution in [1.82, 2.24) is 30.2 Å². The predicted octanol–water partition coefficient (Wildman–Crippen LogP) is 2.49. The minimum atomic E-state index is 0. The minimum absolute atomic E-state index is 0. The molecule has 1 fully saturated rings. The molecule has 1 atom stereocenters. The topological polar surface area (TPSA) is 60.7 Å². The Balaban J connectivity index is 0.00000341. The summed E-state index contributed by atoms with van der Waals surface area (Å²) in [5, 5.41) is 11.2. The first kappa shape index (κ1) is 25.6. The Morgan fingerprint density at radius 1 is 1.10 bits per heavy atom. The Kier molecular flexibility index (Phi) is 11.3. The normalized spacial score (nSPS) is 16.5. The molecule has 0 amide bonds. The number of halogens is 1. The fourth-order valence-corrected chi connectivity index (χ4v) is 3.75. The molecule has 1 aliphatic heterocycles. The van der Waals surface area contributed by atoms with Crippen molar-refractivity contribution >= 4 is 29.9 Å². The van der Waals surface area contributed by atoms with Crippen molar-refractivity contribution in [1.29, 1.82) is 0 Å². The van der Waals surface area contributed by atoms with Crippen molar-refractivity contribution in [3.63, 3.8) is 0 Å². The van der Waals surface area contributed by atoms with Gasteiger partial charge in [0.1, 0.15) is 0 Å². The van der Waals surface area contributed by atoms with E-state index in [1.165, 1.54) is 37.3 Å². The summed E-state index contributed by atoms with van der Waals surface area (Å²) < 4.78 is 1.95. The third kappa shape index (κ3) is 8.78. The average molecular weight is 540 g/mol. The Morgan fingerprint density at radius 3 is 2.52 bits per heavy atom. The third-order valence-electron chi connectivity index (χ3n) is 5.55. The van der Waals surface area contributed by atoms with E-state index in [2.05, 4.69) is 70.7 Å². The van der Waals surface area contributed by atoms with Gasteiger partial charge < -0.3 is 20.4 Å². The standard InChI is InChI=1S/C23H37N7.HI/c1-4-24-23(25-16-20(2)18-29-14-12-28(3)13-15-29)26-17-21-8-5-6-9-22(21)19-30-11-7-10-27-30;/h5-11,20H,4,12-19H2,1-3H3,(H2,24,25,26);1H. The quantitative estimate of drug-likeness (QED) is 0.292. The maximum Gasteiger partial charge on any atom is 0.191 e. The number of nitrogens with zero attached hydrogens (tertiary/aromatic N) is 5. The first-order valence-electron chi connectivity index (χ1n) is 11.1. The summed E-state index contributed by atoms with van der Waals surface area (Å²) in [7, 11) is 2.20. The van der Waals surface area contributed by atoms with Gasteiger partial charge >= 0.3 is 0 Å². The van der Waals surface area contributed by atoms with Crippen molar-refractivity contribution in [3.05, 3.63) is 53.9 Å². The molecule has 2 aromatic rings. The molecule has 2 heterocycles. The van der Waals surface area contributed by atoms with Gasteiger partial charge in [-0.25, -0.2) is 4.99 Å². The van der Waals surface area contributed by atoms with E-state index in [1.807, 2.05) is 23.1 Å². The number of nitrogens with one attached hydrogen (secondary N) is 2. The van der Waals surface area contributed by atoms with E-state index in [0.717, 1.165) is 32.1 Å². The van der Waals surface area contributed by atoms with E-state index in [-0.39, 0.29) is 24.0 Å². The molecule has 172 valence electrons. The zero-order chi connectivity index (χ0) is 21.2. The van der Waals surface area contributed by atoms with Crippen LogP contribution in [0.15, 0.2) is 47.7 Å². The van der Waals surface area contributed by atoms with Crippen molar-refractivity contribution in [2.45, 2.75) is 26.9 Å². The Hall–Kier alpha value is -1.65. The summed E-state index contributed by atoms with van der Waals surface area (Å²) in [6.07, 6.45) is 3.81. The smallest absolute Gasteiger partial charge is 0.191 e. The van der Waals surface area contributed by atoms with Crippen LogP contribution in [-0.4, -0.2) is 78.4 Å². The minimum Gasteiger partial charge on any atom is -0.357 e. The van der Waals surface area contributed by atoms with Gasteiger partial charge in [-0.1, -0.05) is 31.2 Å². The number of aromatic nitrogens is 2. The van der Waals surface area contributed by atoms with E-state index in [1.54, 1.807) is 0 Å². The number of rotatable bonds is 9. The van der Waals surface area contributed by atoms with E-state index < -0.39 is 0 Å². The highest BCUT2D eigenvalue weighted by molar-refractivity contribution is 14.0. The van der Waals surface area contributed by atoms with Crippen molar-refractivity contribution < 1.29 is 0 Å². The van der Waals surface area contributed by atoms with Crippen molar-refractivity contribution in [2.75, 3.05) is 52.9 Å². The van der Waals surface area contributed by atoms with Crippen LogP contribution in [0.2, 0.25) is 0 Å². The molecule has 0 aliphatic carbocycles. The second-order valence-corrected chi connectivity index (χ2v) is 8.26. The Bertz CT molecular complexity index is 770. The molecule has 0 bridgehead atoms. The van der Waals surface area contributed by atoms with Crippen LogP contribution in [0.4, 0.5) is 0 Å². The summed E-state index contributed by atoms with van der Waals surface area (Å²) in [6, 6.07) is 10.4. The number of guanidine groups is 1. The van der Waals surface area contributed by atoms with Crippen LogP contribution in [0.25, 0.3) is 0 Å². The molecule has 1 saturated heterocycles. The van der Waals surface area contributed by atoms with E-state index in [9.17, 15) is 0 Å². The van der Waals surface area contributed by atoms with Gasteiger partial charge in [0.25, 0.3) is 0 Å². The first-order chi connectivity index (χ1) is 14.6. The fraction of sp³-hybridized carbons (Fsp3) is 0.565. The molecule has 1 aromatic heterocycles. The first-order valence-corrected chi connectivity index (χ1v) is 11.1. The van der Waals surface area contributed by atoms with Crippen LogP contribution in [0, 0.1) is 5.92 Å². The van der Waals surface area contributed by atoms with E-state index in [0.29, 0.717) is 12.5 Å². The molecule has 0 saturated carbocycles. The van der Waals surface area contributed by atoms with Gasteiger partial charge in [-0.05, 0) is 37.1 Å². The van der Waals surface area contributed by atoms with E-state index >= 15 is 0 Å². The highest BCUT2D eigenvalue weighted by Crippen LogP contribution is 2.12. The summed E-state index contributed by atoms with van der Waals surface area (Å²) in [6.45, 7) is 13.4. The Labute approximate surface area is 204 Å². The molecule has 3 rings (SSSR count). The SMILES string of the molecule is CCNC(=NCc1ccccc1Cn1cccn1)NCC(C)CN1CCN(C)CC1.I. The summed E-state index contributed by atoms with van der Waals surface area (Å²) in [4.78, 5) is 9.82. The van der Waals surface area contributed by atoms with Crippen LogP contribution in [0.1, 0.15) is 25.0 Å². The lowest BCUT2D eigenvalue weighted by atomic mass is 10.1. The molecule has 1 aromatic carbocycles. The van der Waals surface area contributed by atoms with Gasteiger partial charge in [-0.15, -0.1) is 24.0 Å². The van der Waals surface area contributed by atoms with E-state index in [4.69, 9.17) is 4.99 Å². The summed E-state index contributed by atoms with van der Waals surface area (Å²) >= 11 is 0. The van der Waals surface area contributed by atoms with Crippen LogP contribution >= 0.6 is 24.0 Å². The lowest BCUT2D eigenvalue weighted by molar-refractivity contribution is 0.139. The zero-order valence-electron chi connectivity index (χ0n) is 19.1. The average Bonchev–Trinajstić information content (AvgIpc) is 3.26. The third-order valence-corrected chi connectivity index (χ3v) is 5.55. The predicted molar refractivity (Wildman–Crippen MR) is 139 cm³/mol. The van der Waals surface area contributed by atoms with Gasteiger partial charge in [-0.2, -0.15) is 5.10 Å². The fourth-order valence-electron chi connectivity index (χ4n) is 3.75. The molecule has 2 N–H and O–H groups in total. The summed E-state index contributed by atoms with van der Waals surface area (Å²) in [5.74, 6) is 1.46. The van der Waals surface area contributed by atoms with Crippen LogP contribution in [0.3, 0.4) is 0 Å². The lowest BCUT2D eigenvalue weighted by Crippen LogP contribution is -2.47. The molecule has 8 heteroatoms. The number of benzene rings is 1. The zero-order valence-corrected chi connectivity index (χ0v) is 21.5. The number of aliphatic imine (C=N–C) groups is 1. The van der Waals surface area contributed by atoms with Gasteiger partial charge in [0.2, 0.25) is 0 Å².